The molecular formula is C18H27NO4S. The molecule has 0 saturated heterocycles. The van der Waals surface area contributed by atoms with Crippen LogP contribution in [0, 0.1) is 0 Å². The zero-order chi connectivity index (χ0) is 17.8. The van der Waals surface area contributed by atoms with E-state index in [0.717, 1.165) is 19.3 Å². The number of rotatable bonds is 10. The second kappa shape index (κ2) is 10.9. The number of hydrogen-bond donors (Lipinski definition) is 1. The first-order valence-corrected chi connectivity index (χ1v) is 9.87. The lowest BCUT2D eigenvalue weighted by atomic mass is 10.1. The van der Waals surface area contributed by atoms with Crippen LogP contribution in [0.1, 0.15) is 45.4 Å². The van der Waals surface area contributed by atoms with Gasteiger partial charge in [0.15, 0.2) is 5.37 Å². The van der Waals surface area contributed by atoms with Crippen LogP contribution >= 0.6 is 0 Å². The van der Waals surface area contributed by atoms with E-state index < -0.39 is 21.3 Å². The van der Waals surface area contributed by atoms with E-state index in [9.17, 15) is 13.2 Å². The fourth-order valence-corrected chi connectivity index (χ4v) is 3.65. The number of sulfone groups is 1. The number of allylic oxidation sites excluding steroid dienone is 1. The van der Waals surface area contributed by atoms with Crippen LogP contribution in [-0.2, 0) is 14.6 Å². The van der Waals surface area contributed by atoms with E-state index in [1.54, 1.807) is 18.2 Å². The molecule has 1 aromatic carbocycles. The summed E-state index contributed by atoms with van der Waals surface area (Å²) in [5, 5.41) is 1.24. The van der Waals surface area contributed by atoms with Gasteiger partial charge in [0.05, 0.1) is 12.0 Å². The van der Waals surface area contributed by atoms with Gasteiger partial charge in [0.25, 0.3) is 0 Å². The lowest BCUT2D eigenvalue weighted by Gasteiger charge is -2.15. The van der Waals surface area contributed by atoms with Crippen LogP contribution in [0.25, 0.3) is 0 Å². The number of hydrogen-bond acceptors (Lipinski definition) is 4. The predicted octanol–water partition coefficient (Wildman–Crippen LogP) is 4.06. The van der Waals surface area contributed by atoms with E-state index in [1.807, 2.05) is 6.08 Å². The molecule has 0 aliphatic carbocycles. The SMILES string of the molecule is CCCCCCC/C=C/C(NC(=O)OC)S(=O)(=O)c1ccccc1. The standard InChI is InChI=1S/C18H27NO4S/c1-3-4-5-6-7-8-12-15-17(19-18(20)23-2)24(21,22)16-13-10-9-11-14-16/h9-15,17H,3-8H2,1-2H3,(H,19,20)/b15-12+. The number of unbranched alkanes of at least 4 members (excludes halogenated alkanes) is 5. The summed E-state index contributed by atoms with van der Waals surface area (Å²) in [6, 6.07) is 8.08. The van der Waals surface area contributed by atoms with Gasteiger partial charge in [-0.05, 0) is 25.0 Å². The smallest absolute Gasteiger partial charge is 0.408 e. The molecule has 5 nitrogen and oxygen atoms in total. The number of nitrogens with one attached hydrogen (secondary N) is 1. The topological polar surface area (TPSA) is 72.5 Å². The Balaban J connectivity index is 2.75. The van der Waals surface area contributed by atoms with Gasteiger partial charge in [0, 0.05) is 0 Å². The van der Waals surface area contributed by atoms with Crippen LogP contribution < -0.4 is 5.32 Å². The van der Waals surface area contributed by atoms with Crippen molar-refractivity contribution in [1.82, 2.24) is 5.32 Å². The van der Waals surface area contributed by atoms with Gasteiger partial charge in [-0.15, -0.1) is 0 Å². The van der Waals surface area contributed by atoms with Gasteiger partial charge < -0.3 is 10.1 Å². The van der Waals surface area contributed by atoms with Crippen molar-refractivity contribution in [2.45, 2.75) is 55.7 Å². The molecule has 0 saturated carbocycles. The van der Waals surface area contributed by atoms with Gasteiger partial charge in [-0.1, -0.05) is 63.0 Å². The van der Waals surface area contributed by atoms with Crippen molar-refractivity contribution >= 4 is 15.9 Å². The summed E-state index contributed by atoms with van der Waals surface area (Å²) in [6.07, 6.45) is 9.09. The summed E-state index contributed by atoms with van der Waals surface area (Å²) < 4.78 is 29.9. The van der Waals surface area contributed by atoms with Crippen LogP contribution in [-0.4, -0.2) is 27.0 Å². The summed E-state index contributed by atoms with van der Waals surface area (Å²) >= 11 is 0. The third kappa shape index (κ3) is 6.74. The Kier molecular flexibility index (Phi) is 9.15. The fraction of sp³-hybridized carbons (Fsp3) is 0.500. The lowest BCUT2D eigenvalue weighted by molar-refractivity contribution is 0.171. The molecule has 0 aromatic heterocycles. The first-order valence-electron chi connectivity index (χ1n) is 8.32. The molecule has 1 atom stereocenters. The van der Waals surface area contributed by atoms with Crippen molar-refractivity contribution in [3.63, 3.8) is 0 Å². The second-order valence-electron chi connectivity index (χ2n) is 5.55. The molecule has 0 aliphatic rings. The van der Waals surface area contributed by atoms with Crippen molar-refractivity contribution in [1.29, 1.82) is 0 Å². The van der Waals surface area contributed by atoms with Gasteiger partial charge in [0.1, 0.15) is 0 Å². The van der Waals surface area contributed by atoms with Crippen molar-refractivity contribution in [3.05, 3.63) is 42.5 Å². The molecule has 0 heterocycles. The molecule has 24 heavy (non-hydrogen) atoms. The zero-order valence-corrected chi connectivity index (χ0v) is 15.2. The highest BCUT2D eigenvalue weighted by Gasteiger charge is 2.26. The number of ether oxygens (including phenoxy) is 1. The van der Waals surface area contributed by atoms with Crippen LogP contribution in [0.15, 0.2) is 47.4 Å². The van der Waals surface area contributed by atoms with Gasteiger partial charge in [0.2, 0.25) is 9.84 Å². The van der Waals surface area contributed by atoms with E-state index in [0.29, 0.717) is 0 Å². The molecule has 0 spiro atoms. The average molecular weight is 353 g/mol. The van der Waals surface area contributed by atoms with Crippen LogP contribution in [0.4, 0.5) is 4.79 Å². The van der Waals surface area contributed by atoms with Crippen LogP contribution in [0.3, 0.4) is 0 Å². The largest absolute Gasteiger partial charge is 0.453 e. The highest BCUT2D eigenvalue weighted by molar-refractivity contribution is 7.92. The van der Waals surface area contributed by atoms with E-state index >= 15 is 0 Å². The van der Waals surface area contributed by atoms with Gasteiger partial charge in [-0.2, -0.15) is 0 Å². The molecule has 1 unspecified atom stereocenters. The Labute approximate surface area is 145 Å². The number of carbonyl (C=O) groups is 1. The average Bonchev–Trinajstić information content (AvgIpc) is 2.60. The first-order chi connectivity index (χ1) is 11.5. The molecule has 0 fully saturated rings. The normalized spacial score (nSPS) is 12.9. The van der Waals surface area contributed by atoms with E-state index in [2.05, 4.69) is 17.0 Å². The maximum atomic E-state index is 12.7. The quantitative estimate of drug-likeness (QED) is 0.508. The van der Waals surface area contributed by atoms with Crippen LogP contribution in [0.5, 0.6) is 0 Å². The molecule has 1 N–H and O–H groups in total. The maximum Gasteiger partial charge on any atom is 0.408 e. The monoisotopic (exact) mass is 353 g/mol. The molecule has 0 radical (unpaired) electrons. The highest BCUT2D eigenvalue weighted by Crippen LogP contribution is 2.16. The Bertz CT molecular complexity index is 611. The van der Waals surface area contributed by atoms with E-state index in [4.69, 9.17) is 0 Å². The van der Waals surface area contributed by atoms with Crippen LogP contribution in [0.2, 0.25) is 0 Å². The lowest BCUT2D eigenvalue weighted by Crippen LogP contribution is -2.39. The number of alkyl carbamates (subject to hydrolysis) is 1. The Morgan fingerprint density at radius 1 is 1.17 bits per heavy atom. The van der Waals surface area contributed by atoms with Gasteiger partial charge >= 0.3 is 6.09 Å². The third-order valence-electron chi connectivity index (χ3n) is 3.64. The van der Waals surface area contributed by atoms with E-state index in [1.165, 1.54) is 44.6 Å². The molecule has 1 amide bonds. The second-order valence-corrected chi connectivity index (χ2v) is 7.61. The van der Waals surface area contributed by atoms with Crippen molar-refractivity contribution in [2.75, 3.05) is 7.11 Å². The van der Waals surface area contributed by atoms with Crippen molar-refractivity contribution in [2.24, 2.45) is 0 Å². The Morgan fingerprint density at radius 3 is 2.46 bits per heavy atom. The predicted molar refractivity (Wildman–Crippen MR) is 95.5 cm³/mol. The molecular weight excluding hydrogens is 326 g/mol. The first kappa shape index (κ1) is 20.2. The Hall–Kier alpha value is -1.82. The summed E-state index contributed by atoms with van der Waals surface area (Å²) in [5.41, 5.74) is 0. The molecule has 134 valence electrons. The molecule has 1 aromatic rings. The summed E-state index contributed by atoms with van der Waals surface area (Å²) in [4.78, 5) is 11.6. The number of amides is 1. The minimum Gasteiger partial charge on any atom is -0.453 e. The maximum absolute atomic E-state index is 12.7. The molecule has 6 heteroatoms. The Morgan fingerprint density at radius 2 is 1.83 bits per heavy atom. The van der Waals surface area contributed by atoms with Crippen molar-refractivity contribution < 1.29 is 17.9 Å². The number of benzene rings is 1. The number of carbonyl (C=O) groups excluding carboxylic acids is 1. The minimum atomic E-state index is -3.71. The molecule has 0 bridgehead atoms. The summed E-state index contributed by atoms with van der Waals surface area (Å²) in [6.45, 7) is 2.16. The summed E-state index contributed by atoms with van der Waals surface area (Å²) in [7, 11) is -2.50. The fourth-order valence-electron chi connectivity index (χ4n) is 2.25. The third-order valence-corrected chi connectivity index (χ3v) is 5.51. The van der Waals surface area contributed by atoms with Gasteiger partial charge in [-0.25, -0.2) is 13.2 Å². The summed E-state index contributed by atoms with van der Waals surface area (Å²) in [5.74, 6) is 0. The van der Waals surface area contributed by atoms with Gasteiger partial charge in [-0.3, -0.25) is 0 Å². The van der Waals surface area contributed by atoms with E-state index in [-0.39, 0.29) is 4.90 Å². The molecule has 1 rings (SSSR count). The molecule has 0 aliphatic heterocycles. The highest BCUT2D eigenvalue weighted by atomic mass is 32.2. The van der Waals surface area contributed by atoms with Crippen molar-refractivity contribution in [3.8, 4) is 0 Å². The minimum absolute atomic E-state index is 0.166. The number of methoxy groups -OCH3 is 1. The zero-order valence-electron chi connectivity index (χ0n) is 14.4.